The maximum Gasteiger partial charge on any atom is 0.331 e. The Morgan fingerprint density at radius 3 is 1.59 bits per heavy atom. The van der Waals surface area contributed by atoms with Crippen molar-refractivity contribution in [3.05, 3.63) is 0 Å². The highest BCUT2D eigenvalue weighted by atomic mass is 32.1. The fourth-order valence-corrected chi connectivity index (χ4v) is 2.94. The molecule has 0 aromatic carbocycles. The van der Waals surface area contributed by atoms with Gasteiger partial charge in [0.25, 0.3) is 0 Å². The number of hydrogen-bond donors (Lipinski definition) is 7. The molecule has 0 fully saturated rings. The van der Waals surface area contributed by atoms with Gasteiger partial charge in [-0.1, -0.05) is 0 Å². The van der Waals surface area contributed by atoms with Gasteiger partial charge in [0.15, 0.2) is 22.6 Å². The van der Waals surface area contributed by atoms with Crippen molar-refractivity contribution in [1.82, 2.24) is 0 Å². The van der Waals surface area contributed by atoms with Crippen LogP contribution < -0.4 is 22.9 Å². The molecule has 10 N–H and O–H groups in total. The van der Waals surface area contributed by atoms with Crippen LogP contribution in [-0.2, 0) is 19.2 Å². The summed E-state index contributed by atoms with van der Waals surface area (Å²) in [4.78, 5) is 47.9. The fourth-order valence-electron chi connectivity index (χ4n) is 2.55. The molecule has 0 heterocycles. The predicted molar refractivity (Wildman–Crippen MR) is 102 cm³/mol. The molecule has 0 radical (unpaired) electrons. The Hall–Kier alpha value is -1.53. The van der Waals surface area contributed by atoms with Crippen LogP contribution in [-0.4, -0.2) is 63.1 Å². The number of Topliss-reactive ketones (excluding diaryl/α,β-unsaturated/α-hetero) is 2. The van der Waals surface area contributed by atoms with E-state index in [-0.39, 0.29) is 12.8 Å². The largest absolute Gasteiger partial charge is 0.480 e. The molecule has 10 nitrogen and oxygen atoms in total. The van der Waals surface area contributed by atoms with Gasteiger partial charge in [0.2, 0.25) is 0 Å². The first-order valence-electron chi connectivity index (χ1n) is 8.67. The molecule has 0 aliphatic rings. The molecule has 11 heteroatoms. The van der Waals surface area contributed by atoms with Gasteiger partial charge in [-0.05, 0) is 51.6 Å². The standard InChI is InChI=1S/C16H30N4O6S/c17-7-3-1-5-15(19,13(23)24)11(21)9-10(27)12(22)16(20,14(25)26)6-2-4-8-18/h10,27H,1-9,17-20H2,(H,23,24)(H,25,26). The third-order valence-electron chi connectivity index (χ3n) is 4.43. The molecule has 0 aliphatic heterocycles. The molecule has 0 saturated heterocycles. The predicted octanol–water partition coefficient (Wildman–Crippen LogP) is -1.36. The van der Waals surface area contributed by atoms with E-state index in [1.54, 1.807) is 0 Å². The summed E-state index contributed by atoms with van der Waals surface area (Å²) < 4.78 is 0. The summed E-state index contributed by atoms with van der Waals surface area (Å²) in [5.41, 5.74) is 17.8. The van der Waals surface area contributed by atoms with E-state index in [1.807, 2.05) is 0 Å². The average molecular weight is 407 g/mol. The van der Waals surface area contributed by atoms with Crippen molar-refractivity contribution >= 4 is 36.1 Å². The lowest BCUT2D eigenvalue weighted by atomic mass is 9.82. The molecule has 0 bridgehead atoms. The fraction of sp³-hybridized carbons (Fsp3) is 0.750. The Balaban J connectivity index is 5.26. The molecule has 0 aromatic rings. The Bertz CT molecular complexity index is 561. The van der Waals surface area contributed by atoms with E-state index in [2.05, 4.69) is 12.6 Å². The van der Waals surface area contributed by atoms with Crippen LogP contribution >= 0.6 is 12.6 Å². The van der Waals surface area contributed by atoms with Crippen LogP contribution in [0, 0.1) is 0 Å². The van der Waals surface area contributed by atoms with Crippen LogP contribution in [0.4, 0.5) is 0 Å². The zero-order valence-corrected chi connectivity index (χ0v) is 16.1. The Morgan fingerprint density at radius 2 is 1.22 bits per heavy atom. The van der Waals surface area contributed by atoms with Crippen molar-refractivity contribution in [3.8, 4) is 0 Å². The number of carbonyl (C=O) groups is 4. The normalized spacial score (nSPS) is 16.8. The minimum absolute atomic E-state index is 0.156. The number of nitrogens with two attached hydrogens (primary N) is 4. The topological polar surface area (TPSA) is 213 Å². The van der Waals surface area contributed by atoms with Gasteiger partial charge in [-0.2, -0.15) is 12.6 Å². The number of carboxylic acid groups (broad SMARTS) is 2. The van der Waals surface area contributed by atoms with Crippen LogP contribution in [0.3, 0.4) is 0 Å². The summed E-state index contributed by atoms with van der Waals surface area (Å²) in [6.45, 7) is 0.623. The van der Waals surface area contributed by atoms with Gasteiger partial charge in [0.1, 0.15) is 0 Å². The molecule has 3 unspecified atom stereocenters. The zero-order valence-electron chi connectivity index (χ0n) is 15.2. The first-order valence-corrected chi connectivity index (χ1v) is 9.19. The first-order chi connectivity index (χ1) is 12.5. The van der Waals surface area contributed by atoms with Crippen LogP contribution in [0.2, 0.25) is 0 Å². The number of unbranched alkanes of at least 4 members (excludes halogenated alkanes) is 2. The van der Waals surface area contributed by atoms with Gasteiger partial charge in [-0.25, -0.2) is 9.59 Å². The van der Waals surface area contributed by atoms with Crippen molar-refractivity contribution in [2.24, 2.45) is 22.9 Å². The third-order valence-corrected chi connectivity index (χ3v) is 4.85. The summed E-state index contributed by atoms with van der Waals surface area (Å²) >= 11 is 4.00. The van der Waals surface area contributed by atoms with Gasteiger partial charge in [0, 0.05) is 6.42 Å². The maximum absolute atomic E-state index is 12.5. The third kappa shape index (κ3) is 6.85. The Morgan fingerprint density at radius 1 is 0.815 bits per heavy atom. The van der Waals surface area contributed by atoms with E-state index >= 15 is 0 Å². The lowest BCUT2D eigenvalue weighted by Gasteiger charge is -2.28. The van der Waals surface area contributed by atoms with Crippen LogP contribution in [0.1, 0.15) is 44.9 Å². The van der Waals surface area contributed by atoms with E-state index in [0.29, 0.717) is 38.8 Å². The first kappa shape index (κ1) is 25.5. The molecule has 0 rings (SSSR count). The van der Waals surface area contributed by atoms with Gasteiger partial charge in [-0.3, -0.25) is 9.59 Å². The number of rotatable bonds is 15. The molecule has 3 atom stereocenters. The smallest absolute Gasteiger partial charge is 0.331 e. The monoisotopic (exact) mass is 406 g/mol. The minimum Gasteiger partial charge on any atom is -0.480 e. The van der Waals surface area contributed by atoms with E-state index < -0.39 is 46.3 Å². The average Bonchev–Trinajstić information content (AvgIpc) is 2.60. The molecule has 0 amide bonds. The number of ketones is 2. The summed E-state index contributed by atoms with van der Waals surface area (Å²) in [7, 11) is 0. The molecule has 0 spiro atoms. The van der Waals surface area contributed by atoms with Gasteiger partial charge in [-0.15, -0.1) is 0 Å². The number of hydrogen-bond acceptors (Lipinski definition) is 9. The van der Waals surface area contributed by atoms with Crippen LogP contribution in [0.15, 0.2) is 0 Å². The molecule has 0 aliphatic carbocycles. The molecule has 27 heavy (non-hydrogen) atoms. The highest BCUT2D eigenvalue weighted by Gasteiger charge is 2.47. The number of aliphatic carboxylic acids is 2. The Kier molecular flexibility index (Phi) is 10.7. The van der Waals surface area contributed by atoms with Gasteiger partial charge >= 0.3 is 11.9 Å². The SMILES string of the molecule is NCCCCC(N)(C(=O)O)C(=O)CC(S)C(=O)C(N)(CCCCN)C(=O)O. The summed E-state index contributed by atoms with van der Waals surface area (Å²) in [5, 5.41) is 17.3. The van der Waals surface area contributed by atoms with Crippen molar-refractivity contribution in [3.63, 3.8) is 0 Å². The summed E-state index contributed by atoms with van der Waals surface area (Å²) in [6, 6.07) is 0. The molecular formula is C16H30N4O6S. The van der Waals surface area contributed by atoms with E-state index in [1.165, 1.54) is 0 Å². The lowest BCUT2D eigenvalue weighted by Crippen LogP contribution is -2.59. The quantitative estimate of drug-likeness (QED) is 0.0962. The van der Waals surface area contributed by atoms with Crippen molar-refractivity contribution < 1.29 is 29.4 Å². The second-order valence-electron chi connectivity index (χ2n) is 6.55. The van der Waals surface area contributed by atoms with E-state index in [4.69, 9.17) is 22.9 Å². The summed E-state index contributed by atoms with van der Waals surface area (Å²) in [6.07, 6.45) is 0.593. The minimum atomic E-state index is -2.23. The summed E-state index contributed by atoms with van der Waals surface area (Å²) in [5.74, 6) is -4.97. The highest BCUT2D eigenvalue weighted by molar-refractivity contribution is 7.81. The van der Waals surface area contributed by atoms with Crippen LogP contribution in [0.5, 0.6) is 0 Å². The number of carboxylic acids is 2. The highest BCUT2D eigenvalue weighted by Crippen LogP contribution is 2.23. The molecule has 156 valence electrons. The molecule has 0 aromatic heterocycles. The number of carbonyl (C=O) groups excluding carboxylic acids is 2. The van der Waals surface area contributed by atoms with E-state index in [0.717, 1.165) is 0 Å². The lowest BCUT2D eigenvalue weighted by molar-refractivity contribution is -0.151. The molecular weight excluding hydrogens is 376 g/mol. The molecule has 0 saturated carbocycles. The zero-order chi connectivity index (χ0) is 21.3. The number of thiol groups is 1. The maximum atomic E-state index is 12.5. The van der Waals surface area contributed by atoms with E-state index in [9.17, 15) is 29.4 Å². The van der Waals surface area contributed by atoms with Gasteiger partial charge < -0.3 is 33.1 Å². The second kappa shape index (κ2) is 11.3. The Labute approximate surface area is 163 Å². The van der Waals surface area contributed by atoms with Crippen molar-refractivity contribution in [1.29, 1.82) is 0 Å². The van der Waals surface area contributed by atoms with Crippen LogP contribution in [0.25, 0.3) is 0 Å². The van der Waals surface area contributed by atoms with Crippen molar-refractivity contribution in [2.75, 3.05) is 13.1 Å². The second-order valence-corrected chi connectivity index (χ2v) is 7.18. The van der Waals surface area contributed by atoms with Gasteiger partial charge in [0.05, 0.1) is 5.25 Å². The van der Waals surface area contributed by atoms with Crippen molar-refractivity contribution in [2.45, 2.75) is 61.3 Å².